The molecule has 0 aromatic carbocycles. The van der Waals surface area contributed by atoms with E-state index in [1.807, 2.05) is 0 Å². The van der Waals surface area contributed by atoms with E-state index in [9.17, 15) is 9.59 Å². The van der Waals surface area contributed by atoms with Crippen molar-refractivity contribution in [2.75, 3.05) is 6.54 Å². The van der Waals surface area contributed by atoms with Gasteiger partial charge in [-0.1, -0.05) is 20.8 Å². The first kappa shape index (κ1) is 13.5. The van der Waals surface area contributed by atoms with Gasteiger partial charge in [-0.15, -0.1) is 0 Å². The highest BCUT2D eigenvalue weighted by molar-refractivity contribution is 5.93. The summed E-state index contributed by atoms with van der Waals surface area (Å²) in [5, 5.41) is 2.76. The second-order valence-corrected chi connectivity index (χ2v) is 5.46. The monoisotopic (exact) mass is 236 g/mol. The van der Waals surface area contributed by atoms with Crippen LogP contribution in [0.1, 0.15) is 43.2 Å². The SMILES string of the molecule is Cc1cc(=O)c(C(=O)NCCC(C)(C)C)c[nH]1. The van der Waals surface area contributed by atoms with Crippen molar-refractivity contribution in [3.63, 3.8) is 0 Å². The van der Waals surface area contributed by atoms with Gasteiger partial charge in [0.25, 0.3) is 5.91 Å². The Kier molecular flexibility index (Phi) is 4.10. The van der Waals surface area contributed by atoms with Crippen LogP contribution in [0, 0.1) is 12.3 Å². The third kappa shape index (κ3) is 4.43. The van der Waals surface area contributed by atoms with Gasteiger partial charge in [0.1, 0.15) is 5.56 Å². The normalized spacial score (nSPS) is 11.3. The van der Waals surface area contributed by atoms with Crippen molar-refractivity contribution in [2.45, 2.75) is 34.1 Å². The molecule has 0 aliphatic carbocycles. The van der Waals surface area contributed by atoms with Gasteiger partial charge < -0.3 is 10.3 Å². The Morgan fingerprint density at radius 1 is 1.41 bits per heavy atom. The number of nitrogens with one attached hydrogen (secondary N) is 2. The van der Waals surface area contributed by atoms with Gasteiger partial charge in [-0.25, -0.2) is 0 Å². The minimum Gasteiger partial charge on any atom is -0.364 e. The van der Waals surface area contributed by atoms with Crippen LogP contribution in [0.25, 0.3) is 0 Å². The number of hydrogen-bond donors (Lipinski definition) is 2. The van der Waals surface area contributed by atoms with Crippen LogP contribution in [0.2, 0.25) is 0 Å². The van der Waals surface area contributed by atoms with E-state index in [2.05, 4.69) is 31.1 Å². The van der Waals surface area contributed by atoms with Crippen molar-refractivity contribution in [1.29, 1.82) is 0 Å². The lowest BCUT2D eigenvalue weighted by Crippen LogP contribution is -2.31. The average Bonchev–Trinajstić information content (AvgIpc) is 2.15. The molecule has 0 aliphatic heterocycles. The zero-order valence-electron chi connectivity index (χ0n) is 10.9. The average molecular weight is 236 g/mol. The predicted octanol–water partition coefficient (Wildman–Crippen LogP) is 1.85. The van der Waals surface area contributed by atoms with E-state index < -0.39 is 0 Å². The number of aromatic amines is 1. The molecule has 4 nitrogen and oxygen atoms in total. The predicted molar refractivity (Wildman–Crippen MR) is 68.2 cm³/mol. The topological polar surface area (TPSA) is 62.0 Å². The summed E-state index contributed by atoms with van der Waals surface area (Å²) in [5.74, 6) is -0.310. The quantitative estimate of drug-likeness (QED) is 0.841. The van der Waals surface area contributed by atoms with Gasteiger partial charge in [-0.2, -0.15) is 0 Å². The molecule has 0 aliphatic rings. The molecule has 1 heterocycles. The largest absolute Gasteiger partial charge is 0.364 e. The van der Waals surface area contributed by atoms with Gasteiger partial charge in [0.2, 0.25) is 0 Å². The van der Waals surface area contributed by atoms with E-state index in [1.54, 1.807) is 6.92 Å². The summed E-state index contributed by atoms with van der Waals surface area (Å²) in [4.78, 5) is 26.2. The van der Waals surface area contributed by atoms with Gasteiger partial charge >= 0.3 is 0 Å². The van der Waals surface area contributed by atoms with E-state index in [4.69, 9.17) is 0 Å². The van der Waals surface area contributed by atoms with Crippen LogP contribution in [0.3, 0.4) is 0 Å². The van der Waals surface area contributed by atoms with Crippen molar-refractivity contribution in [3.05, 3.63) is 33.7 Å². The highest BCUT2D eigenvalue weighted by Gasteiger charge is 2.13. The van der Waals surface area contributed by atoms with Gasteiger partial charge in [0, 0.05) is 24.5 Å². The number of amides is 1. The Morgan fingerprint density at radius 3 is 2.59 bits per heavy atom. The molecule has 2 N–H and O–H groups in total. The number of aromatic nitrogens is 1. The molecule has 0 unspecified atom stereocenters. The second kappa shape index (κ2) is 5.17. The van der Waals surface area contributed by atoms with Gasteiger partial charge in [0.15, 0.2) is 5.43 Å². The molecule has 0 radical (unpaired) electrons. The smallest absolute Gasteiger partial charge is 0.256 e. The number of carbonyl (C=O) groups is 1. The first-order valence-electron chi connectivity index (χ1n) is 5.77. The molecule has 0 fully saturated rings. The molecule has 1 aromatic heterocycles. The van der Waals surface area contributed by atoms with Crippen LogP contribution in [0.4, 0.5) is 0 Å². The second-order valence-electron chi connectivity index (χ2n) is 5.46. The van der Waals surface area contributed by atoms with Gasteiger partial charge in [-0.05, 0) is 18.8 Å². The van der Waals surface area contributed by atoms with Crippen LogP contribution >= 0.6 is 0 Å². The molecule has 0 spiro atoms. The lowest BCUT2D eigenvalue weighted by molar-refractivity contribution is 0.0948. The van der Waals surface area contributed by atoms with Crippen molar-refractivity contribution in [3.8, 4) is 0 Å². The number of rotatable bonds is 3. The summed E-state index contributed by atoms with van der Waals surface area (Å²) in [6.07, 6.45) is 2.34. The van der Waals surface area contributed by atoms with Crippen molar-refractivity contribution < 1.29 is 4.79 Å². The van der Waals surface area contributed by atoms with Crippen molar-refractivity contribution >= 4 is 5.91 Å². The van der Waals surface area contributed by atoms with Crippen LogP contribution in [-0.4, -0.2) is 17.4 Å². The van der Waals surface area contributed by atoms with Crippen molar-refractivity contribution in [1.82, 2.24) is 10.3 Å². The summed E-state index contributed by atoms with van der Waals surface area (Å²) in [6, 6.07) is 1.43. The Balaban J connectivity index is 2.62. The first-order chi connectivity index (χ1) is 7.79. The summed E-state index contributed by atoms with van der Waals surface area (Å²) in [6.45, 7) is 8.69. The number of aryl methyl sites for hydroxylation is 1. The molecule has 4 heteroatoms. The molecule has 1 aromatic rings. The van der Waals surface area contributed by atoms with Gasteiger partial charge in [0.05, 0.1) is 0 Å². The standard InChI is InChI=1S/C13H20N2O2/c1-9-7-11(16)10(8-15-9)12(17)14-6-5-13(2,3)4/h7-8H,5-6H2,1-4H3,(H,14,17)(H,15,16). The summed E-state index contributed by atoms with van der Waals surface area (Å²) >= 11 is 0. The maximum Gasteiger partial charge on any atom is 0.256 e. The minimum atomic E-state index is -0.310. The lowest BCUT2D eigenvalue weighted by atomic mass is 9.92. The van der Waals surface area contributed by atoms with Crippen LogP contribution in [0.15, 0.2) is 17.1 Å². The highest BCUT2D eigenvalue weighted by atomic mass is 16.2. The fraction of sp³-hybridized carbons (Fsp3) is 0.538. The minimum absolute atomic E-state index is 0.171. The van der Waals surface area contributed by atoms with Crippen LogP contribution in [0.5, 0.6) is 0 Å². The fourth-order valence-corrected chi connectivity index (χ4v) is 1.40. The third-order valence-electron chi connectivity index (χ3n) is 2.46. The zero-order valence-corrected chi connectivity index (χ0v) is 10.9. The maximum absolute atomic E-state index is 11.7. The molecule has 1 amide bonds. The number of carbonyl (C=O) groups excluding carboxylic acids is 1. The van der Waals surface area contributed by atoms with Gasteiger partial charge in [-0.3, -0.25) is 9.59 Å². The molecule has 1 rings (SSSR count). The van der Waals surface area contributed by atoms with E-state index in [0.29, 0.717) is 6.54 Å². The Labute approximate surface area is 101 Å². The van der Waals surface area contributed by atoms with Crippen LogP contribution < -0.4 is 10.7 Å². The van der Waals surface area contributed by atoms with E-state index in [1.165, 1.54) is 12.3 Å². The Morgan fingerprint density at radius 2 is 2.06 bits per heavy atom. The molecule has 94 valence electrons. The highest BCUT2D eigenvalue weighted by Crippen LogP contribution is 2.16. The molecule has 0 bridgehead atoms. The first-order valence-corrected chi connectivity index (χ1v) is 5.77. The molecular weight excluding hydrogens is 216 g/mol. The Bertz CT molecular complexity index is 455. The van der Waals surface area contributed by atoms with Crippen molar-refractivity contribution in [2.24, 2.45) is 5.41 Å². The summed E-state index contributed by atoms with van der Waals surface area (Å²) in [5.41, 5.74) is 0.854. The molecule has 0 saturated carbocycles. The zero-order chi connectivity index (χ0) is 13.1. The lowest BCUT2D eigenvalue weighted by Gasteiger charge is -2.17. The third-order valence-corrected chi connectivity index (χ3v) is 2.46. The summed E-state index contributed by atoms with van der Waals surface area (Å²) in [7, 11) is 0. The summed E-state index contributed by atoms with van der Waals surface area (Å²) < 4.78 is 0. The number of hydrogen-bond acceptors (Lipinski definition) is 2. The molecule has 0 atom stereocenters. The van der Waals surface area contributed by atoms with E-state index in [-0.39, 0.29) is 22.3 Å². The van der Waals surface area contributed by atoms with E-state index >= 15 is 0 Å². The molecule has 17 heavy (non-hydrogen) atoms. The Hall–Kier alpha value is -1.58. The van der Waals surface area contributed by atoms with E-state index in [0.717, 1.165) is 12.1 Å². The number of pyridine rings is 1. The van der Waals surface area contributed by atoms with Crippen LogP contribution in [-0.2, 0) is 0 Å². The fourth-order valence-electron chi connectivity index (χ4n) is 1.40. The molecular formula is C13H20N2O2. The molecule has 0 saturated heterocycles. The maximum atomic E-state index is 11.7. The number of H-pyrrole nitrogens is 1.